The lowest BCUT2D eigenvalue weighted by molar-refractivity contribution is -0.150. The Balaban J connectivity index is 2.18. The van der Waals surface area contributed by atoms with Crippen LogP contribution in [0, 0.1) is 0 Å². The van der Waals surface area contributed by atoms with Crippen LogP contribution in [-0.2, 0) is 19.1 Å². The summed E-state index contributed by atoms with van der Waals surface area (Å²) < 4.78 is 16.2. The van der Waals surface area contributed by atoms with Crippen LogP contribution in [0.15, 0.2) is 16.4 Å². The predicted octanol–water partition coefficient (Wildman–Crippen LogP) is -1.99. The second kappa shape index (κ2) is 8.70. The molecule has 1 fully saturated rings. The highest BCUT2D eigenvalue weighted by Gasteiger charge is 2.55. The molecule has 0 spiro atoms. The monoisotopic (exact) mass is 385 g/mol. The zero-order valence-corrected chi connectivity index (χ0v) is 15.1. The van der Waals surface area contributed by atoms with Gasteiger partial charge in [-0.25, -0.2) is 4.79 Å². The molecule has 2 N–H and O–H groups in total. The minimum Gasteiger partial charge on any atom is -0.480 e. The molecule has 2 rings (SSSR count). The van der Waals surface area contributed by atoms with Crippen LogP contribution in [0.1, 0.15) is 6.42 Å². The number of halogens is 1. The van der Waals surface area contributed by atoms with Gasteiger partial charge in [0.05, 0.1) is 4.58 Å². The van der Waals surface area contributed by atoms with Gasteiger partial charge in [-0.15, -0.1) is 16.9 Å². The molecule has 0 radical (unpaired) electrons. The second-order valence-electron chi connectivity index (χ2n) is 5.32. The quantitative estimate of drug-likeness (QED) is 0.112. The summed E-state index contributed by atoms with van der Waals surface area (Å²) in [7, 11) is 1.11. The number of carbonyl (C=O) groups is 3. The zero-order valence-electron chi connectivity index (χ0n) is 13.3. The van der Waals surface area contributed by atoms with Crippen LogP contribution in [0.3, 0.4) is 0 Å². The Bertz CT molecular complexity index is 638. The summed E-state index contributed by atoms with van der Waals surface area (Å²) in [5.74, 6) is -2.37. The van der Waals surface area contributed by atoms with E-state index in [2.05, 4.69) is 27.9 Å². The van der Waals surface area contributed by atoms with Gasteiger partial charge in [0, 0.05) is 0 Å². The fraction of sp³-hybridized carbons (Fsp3) is 0.455. The number of thioether (sulfide) groups is 1. The smallest absolute Gasteiger partial charge is 0.360 e. The number of fused-ring (bicyclic) bond motifs is 1. The number of nitrogens with zero attached hydrogens (tertiary/aromatic N) is 2. The van der Waals surface area contributed by atoms with Gasteiger partial charge >= 0.3 is 14.0 Å². The molecule has 2 heterocycles. The van der Waals surface area contributed by atoms with Gasteiger partial charge in [-0.05, 0) is 12.0 Å². The SMILES string of the molecule is BO/N=C\C(=O)NC1C(=O)N2C(C(=O)O)=C(CCBBF)C(S)SC12. The fourth-order valence-electron chi connectivity index (χ4n) is 2.64. The van der Waals surface area contributed by atoms with Gasteiger partial charge in [-0.3, -0.25) is 14.5 Å². The lowest BCUT2D eigenvalue weighted by Crippen LogP contribution is -2.71. The molecule has 3 atom stereocenters. The maximum absolute atomic E-state index is 12.3. The predicted molar refractivity (Wildman–Crippen MR) is 101 cm³/mol. The van der Waals surface area contributed by atoms with Crippen molar-refractivity contribution in [2.75, 3.05) is 0 Å². The van der Waals surface area contributed by atoms with Crippen molar-refractivity contribution in [2.45, 2.75) is 28.7 Å². The number of β-lactam (4-membered cyclic amide) rings is 1. The molecule has 0 aromatic carbocycles. The summed E-state index contributed by atoms with van der Waals surface area (Å²) in [5.41, 5.74) is 0.369. The van der Waals surface area contributed by atoms with Crippen molar-refractivity contribution in [3.8, 4) is 0 Å². The highest BCUT2D eigenvalue weighted by molar-refractivity contribution is 8.11. The molecule has 1 saturated heterocycles. The minimum absolute atomic E-state index is 0.122. The number of carbonyl (C=O) groups excluding carboxylic acids is 2. The van der Waals surface area contributed by atoms with E-state index in [4.69, 9.17) is 0 Å². The lowest BCUT2D eigenvalue weighted by Gasteiger charge is -2.50. The van der Waals surface area contributed by atoms with E-state index in [1.54, 1.807) is 0 Å². The van der Waals surface area contributed by atoms with E-state index >= 15 is 0 Å². The van der Waals surface area contributed by atoms with Crippen LogP contribution >= 0.6 is 24.4 Å². The Morgan fingerprint density at radius 1 is 1.60 bits per heavy atom. The number of hydrogen-bond acceptors (Lipinski definition) is 7. The number of thiol groups is 1. The Morgan fingerprint density at radius 2 is 2.32 bits per heavy atom. The number of carboxylic acids is 1. The first-order valence-electron chi connectivity index (χ1n) is 7.48. The minimum atomic E-state index is -1.24. The first kappa shape index (κ1) is 19.8. The molecule has 0 bridgehead atoms. The van der Waals surface area contributed by atoms with Crippen molar-refractivity contribution >= 4 is 71.1 Å². The summed E-state index contributed by atoms with van der Waals surface area (Å²) in [6.07, 6.45) is 1.71. The van der Waals surface area contributed by atoms with Gasteiger partial charge in [0.15, 0.2) is 0 Å². The van der Waals surface area contributed by atoms with E-state index in [0.717, 1.165) is 11.1 Å². The van der Waals surface area contributed by atoms with Gasteiger partial charge in [-0.1, -0.05) is 6.32 Å². The number of hydrogen-bond donors (Lipinski definition) is 3. The molecule has 0 aromatic rings. The Hall–Kier alpha value is -1.56. The molecule has 25 heavy (non-hydrogen) atoms. The molecule has 2 aliphatic rings. The molecular formula is C11H15B3FN3O5S2. The van der Waals surface area contributed by atoms with Gasteiger partial charge in [0.2, 0.25) is 0 Å². The normalized spacial score (nSPS) is 25.3. The van der Waals surface area contributed by atoms with E-state index in [0.29, 0.717) is 25.5 Å². The summed E-state index contributed by atoms with van der Waals surface area (Å²) in [6, 6.07) is -0.864. The highest BCUT2D eigenvalue weighted by atomic mass is 32.2. The fourth-order valence-corrected chi connectivity index (χ4v) is 4.60. The van der Waals surface area contributed by atoms with Crippen LogP contribution in [-0.4, -0.2) is 72.7 Å². The van der Waals surface area contributed by atoms with Crippen molar-refractivity contribution in [3.63, 3.8) is 0 Å². The number of amides is 2. The van der Waals surface area contributed by atoms with Gasteiger partial charge in [-0.2, -0.15) is 12.6 Å². The average molecular weight is 385 g/mol. The van der Waals surface area contributed by atoms with E-state index in [1.165, 1.54) is 19.8 Å². The Morgan fingerprint density at radius 3 is 2.92 bits per heavy atom. The number of nitrogens with one attached hydrogen (secondary N) is 1. The van der Waals surface area contributed by atoms with E-state index < -0.39 is 41.2 Å². The van der Waals surface area contributed by atoms with Crippen LogP contribution in [0.4, 0.5) is 4.32 Å². The second-order valence-corrected chi connectivity index (χ2v) is 7.41. The summed E-state index contributed by atoms with van der Waals surface area (Å²) in [4.78, 5) is 36.8. The molecule has 0 saturated carbocycles. The van der Waals surface area contributed by atoms with E-state index in [-0.39, 0.29) is 5.70 Å². The van der Waals surface area contributed by atoms with Crippen molar-refractivity contribution < 1.29 is 28.6 Å². The number of oxime groups is 1. The highest BCUT2D eigenvalue weighted by Crippen LogP contribution is 2.46. The molecule has 0 aromatic heterocycles. The number of aliphatic carboxylic acids is 1. The lowest BCUT2D eigenvalue weighted by atomic mass is 9.49. The molecule has 14 heteroatoms. The number of rotatable bonds is 8. The maximum atomic E-state index is 12.3. The van der Waals surface area contributed by atoms with Crippen molar-refractivity contribution in [2.24, 2.45) is 5.16 Å². The third-order valence-electron chi connectivity index (χ3n) is 3.76. The maximum Gasteiger partial charge on any atom is 0.360 e. The standard InChI is InChI=1S/C11H15B3FN3O5S2/c12-23-16-3-5(19)17-6-8(20)18-7(10(21)22)4(1-2-13-14-15)11(24)25-9(6)18/h3,6,9,11,13-14,24H,1-2,12H2,(H,17,19)(H,21,22)/b16-3-. The molecule has 0 aliphatic carbocycles. The van der Waals surface area contributed by atoms with Crippen LogP contribution in [0.2, 0.25) is 6.32 Å². The molecular weight excluding hydrogens is 370 g/mol. The third kappa shape index (κ3) is 4.17. The van der Waals surface area contributed by atoms with E-state index in [9.17, 15) is 23.8 Å². The average Bonchev–Trinajstić information content (AvgIpc) is 2.58. The Kier molecular flexibility index (Phi) is 6.88. The van der Waals surface area contributed by atoms with Crippen LogP contribution < -0.4 is 5.32 Å². The van der Waals surface area contributed by atoms with Crippen molar-refractivity contribution in [3.05, 3.63) is 11.3 Å². The number of carboxylic acid groups (broad SMARTS) is 1. The van der Waals surface area contributed by atoms with Crippen LogP contribution in [0.25, 0.3) is 0 Å². The molecule has 132 valence electrons. The largest absolute Gasteiger partial charge is 0.480 e. The molecule has 8 nitrogen and oxygen atoms in total. The molecule has 2 amide bonds. The first-order chi connectivity index (χ1) is 11.9. The van der Waals surface area contributed by atoms with Crippen LogP contribution in [0.5, 0.6) is 0 Å². The summed E-state index contributed by atoms with van der Waals surface area (Å²) in [5, 5.41) is 14.7. The summed E-state index contributed by atoms with van der Waals surface area (Å²) in [6.45, 7) is 0. The first-order valence-corrected chi connectivity index (χ1v) is 8.94. The van der Waals surface area contributed by atoms with Gasteiger partial charge in [0.1, 0.15) is 30.5 Å². The topological polar surface area (TPSA) is 108 Å². The molecule has 3 unspecified atom stereocenters. The zero-order chi connectivity index (χ0) is 18.6. The third-order valence-corrected chi connectivity index (χ3v) is 5.74. The molecule has 2 aliphatic heterocycles. The van der Waals surface area contributed by atoms with Crippen molar-refractivity contribution in [1.82, 2.24) is 10.2 Å². The Labute approximate surface area is 155 Å². The van der Waals surface area contributed by atoms with Gasteiger partial charge < -0.3 is 19.5 Å². The van der Waals surface area contributed by atoms with Gasteiger partial charge in [0.25, 0.3) is 19.3 Å². The summed E-state index contributed by atoms with van der Waals surface area (Å²) >= 11 is 5.68. The van der Waals surface area contributed by atoms with E-state index in [1.807, 2.05) is 0 Å². The van der Waals surface area contributed by atoms with Crippen molar-refractivity contribution in [1.29, 1.82) is 0 Å².